The second kappa shape index (κ2) is 9.80. The molecule has 2 unspecified atom stereocenters. The Morgan fingerprint density at radius 2 is 2.00 bits per heavy atom. The molecule has 1 aliphatic rings. The topological polar surface area (TPSA) is 108 Å². The molecule has 3 heterocycles. The monoisotopic (exact) mass is 527 g/mol. The predicted octanol–water partition coefficient (Wildman–Crippen LogP) is 3.65. The van der Waals surface area contributed by atoms with Crippen molar-refractivity contribution in [1.82, 2.24) is 19.9 Å². The molecule has 2 N–H and O–H groups in total. The molecule has 1 saturated heterocycles. The van der Waals surface area contributed by atoms with Crippen molar-refractivity contribution < 1.29 is 26.7 Å². The zero-order chi connectivity index (χ0) is 25.4. The summed E-state index contributed by atoms with van der Waals surface area (Å²) < 4.78 is 62.7. The second-order valence-electron chi connectivity index (χ2n) is 8.37. The molecule has 1 aromatic carbocycles. The Morgan fingerprint density at radius 1 is 1.23 bits per heavy atom. The summed E-state index contributed by atoms with van der Waals surface area (Å²) in [6.07, 6.45) is -2.74. The highest BCUT2D eigenvalue weighted by molar-refractivity contribution is 7.91. The van der Waals surface area contributed by atoms with Crippen molar-refractivity contribution >= 4 is 32.8 Å². The van der Waals surface area contributed by atoms with Crippen LogP contribution in [-0.2, 0) is 22.6 Å². The minimum Gasteiger partial charge on any atom is -0.390 e. The number of hydrogen-bond donors (Lipinski definition) is 2. The number of aliphatic hydroxyl groups excluding tert-OH is 1. The maximum Gasteiger partial charge on any atom is 0.433 e. The summed E-state index contributed by atoms with van der Waals surface area (Å²) in [5.74, 6) is -0.471. The van der Waals surface area contributed by atoms with Gasteiger partial charge in [-0.1, -0.05) is 13.0 Å². The van der Waals surface area contributed by atoms with Crippen molar-refractivity contribution in [3.05, 3.63) is 52.9 Å². The summed E-state index contributed by atoms with van der Waals surface area (Å²) in [4.78, 5) is 14.6. The zero-order valence-electron chi connectivity index (χ0n) is 19.0. The number of aliphatic hydroxyl groups is 1. The van der Waals surface area contributed by atoms with Crippen LogP contribution in [0.2, 0.25) is 0 Å². The Hall–Kier alpha value is -2.61. The minimum atomic E-state index is -4.57. The van der Waals surface area contributed by atoms with Crippen molar-refractivity contribution in [2.75, 3.05) is 23.4 Å². The lowest BCUT2D eigenvalue weighted by atomic mass is 10.1. The highest BCUT2D eigenvalue weighted by Crippen LogP contribution is 2.32. The Bertz CT molecular complexity index is 1310. The molecular weight excluding hydrogens is 503 g/mol. The number of anilines is 2. The summed E-state index contributed by atoms with van der Waals surface area (Å²) in [5, 5.41) is 13.8. The molecular formula is C22H24F3N5O3S2. The lowest BCUT2D eigenvalue weighted by Crippen LogP contribution is -2.42. The molecule has 0 amide bonds. The van der Waals surface area contributed by atoms with Gasteiger partial charge in [-0.3, -0.25) is 4.90 Å². The van der Waals surface area contributed by atoms with E-state index in [9.17, 15) is 26.7 Å². The number of halogens is 3. The largest absolute Gasteiger partial charge is 0.433 e. The molecule has 13 heteroatoms. The van der Waals surface area contributed by atoms with E-state index in [0.29, 0.717) is 18.8 Å². The van der Waals surface area contributed by atoms with E-state index in [-0.39, 0.29) is 17.5 Å². The number of alkyl halides is 3. The summed E-state index contributed by atoms with van der Waals surface area (Å²) in [7, 11) is -3.26. The van der Waals surface area contributed by atoms with Gasteiger partial charge >= 0.3 is 6.18 Å². The van der Waals surface area contributed by atoms with E-state index in [1.54, 1.807) is 18.3 Å². The van der Waals surface area contributed by atoms with Crippen LogP contribution in [0.25, 0.3) is 10.4 Å². The van der Waals surface area contributed by atoms with E-state index < -0.39 is 33.9 Å². The number of aryl methyl sites for hydroxylation is 1. The van der Waals surface area contributed by atoms with Gasteiger partial charge in [0.2, 0.25) is 5.95 Å². The van der Waals surface area contributed by atoms with Crippen LogP contribution in [0.3, 0.4) is 0 Å². The molecule has 3 aromatic rings. The number of sulfone groups is 1. The third-order valence-electron chi connectivity index (χ3n) is 5.62. The smallest absolute Gasteiger partial charge is 0.390 e. The number of benzene rings is 1. The van der Waals surface area contributed by atoms with E-state index in [4.69, 9.17) is 0 Å². The SMILES string of the molecule is CCN(Cc1ncc(-c2cc(C)cc(Nc3nccc(C(F)(F)F)n3)c2)s1)C1CS(=O)(=O)CC1O. The molecule has 8 nitrogen and oxygen atoms in total. The molecule has 2 aromatic heterocycles. The molecule has 188 valence electrons. The second-order valence-corrected chi connectivity index (χ2v) is 11.6. The number of thiazole rings is 1. The fourth-order valence-corrected chi connectivity index (χ4v) is 6.78. The van der Waals surface area contributed by atoms with E-state index in [2.05, 4.69) is 20.3 Å². The number of rotatable bonds is 7. The Morgan fingerprint density at radius 3 is 2.66 bits per heavy atom. The maximum atomic E-state index is 13.0. The average Bonchev–Trinajstić information content (AvgIpc) is 3.34. The molecule has 1 aliphatic heterocycles. The Kier molecular flexibility index (Phi) is 7.13. The highest BCUT2D eigenvalue weighted by Gasteiger charge is 2.39. The number of nitrogens with one attached hydrogen (secondary N) is 1. The van der Waals surface area contributed by atoms with E-state index in [0.717, 1.165) is 33.3 Å². The zero-order valence-corrected chi connectivity index (χ0v) is 20.6. The number of hydrogen-bond acceptors (Lipinski definition) is 9. The van der Waals surface area contributed by atoms with Crippen molar-refractivity contribution in [1.29, 1.82) is 0 Å². The fourth-order valence-electron chi connectivity index (χ4n) is 4.02. The number of nitrogens with zero attached hydrogens (tertiary/aromatic N) is 4. The molecule has 1 fully saturated rings. The molecule has 2 atom stereocenters. The van der Waals surface area contributed by atoms with Gasteiger partial charge in [-0.15, -0.1) is 11.3 Å². The Labute approximate surface area is 204 Å². The van der Waals surface area contributed by atoms with Gasteiger partial charge in [0.1, 0.15) is 10.7 Å². The van der Waals surface area contributed by atoms with Gasteiger partial charge in [-0.25, -0.2) is 23.4 Å². The van der Waals surface area contributed by atoms with Crippen LogP contribution in [0, 0.1) is 6.92 Å². The van der Waals surface area contributed by atoms with Crippen LogP contribution in [0.5, 0.6) is 0 Å². The maximum absolute atomic E-state index is 13.0. The summed E-state index contributed by atoms with van der Waals surface area (Å²) in [6, 6.07) is 5.82. The van der Waals surface area contributed by atoms with Gasteiger partial charge < -0.3 is 10.4 Å². The normalized spacial score (nSPS) is 19.9. The van der Waals surface area contributed by atoms with Crippen molar-refractivity contribution in [3.8, 4) is 10.4 Å². The van der Waals surface area contributed by atoms with Crippen molar-refractivity contribution in [2.24, 2.45) is 0 Å². The van der Waals surface area contributed by atoms with Gasteiger partial charge in [0, 0.05) is 18.1 Å². The van der Waals surface area contributed by atoms with Gasteiger partial charge in [-0.2, -0.15) is 13.2 Å². The first-order valence-corrected chi connectivity index (χ1v) is 13.4. The molecule has 0 radical (unpaired) electrons. The first-order chi connectivity index (χ1) is 16.4. The third kappa shape index (κ3) is 6.15. The molecule has 0 spiro atoms. The lowest BCUT2D eigenvalue weighted by molar-refractivity contribution is -0.141. The fraction of sp³-hybridized carbons (Fsp3) is 0.409. The summed E-state index contributed by atoms with van der Waals surface area (Å²) >= 11 is 1.43. The van der Waals surface area contributed by atoms with Gasteiger partial charge in [0.15, 0.2) is 9.84 Å². The predicted molar refractivity (Wildman–Crippen MR) is 127 cm³/mol. The quantitative estimate of drug-likeness (QED) is 0.480. The number of aromatic nitrogens is 3. The van der Waals surface area contributed by atoms with Crippen LogP contribution in [0.15, 0.2) is 36.7 Å². The minimum absolute atomic E-state index is 0.0786. The first-order valence-electron chi connectivity index (χ1n) is 10.8. The van der Waals surface area contributed by atoms with Crippen LogP contribution in [0.4, 0.5) is 24.8 Å². The average molecular weight is 528 g/mol. The summed E-state index contributed by atoms with van der Waals surface area (Å²) in [5.41, 5.74) is 1.19. The van der Waals surface area contributed by atoms with Gasteiger partial charge in [0.05, 0.1) is 35.1 Å². The van der Waals surface area contributed by atoms with Crippen LogP contribution in [0.1, 0.15) is 23.2 Å². The number of likely N-dealkylation sites (N-methyl/N-ethyl adjacent to an activating group) is 1. The van der Waals surface area contributed by atoms with Crippen molar-refractivity contribution in [2.45, 2.75) is 38.7 Å². The first kappa shape index (κ1) is 25.5. The highest BCUT2D eigenvalue weighted by atomic mass is 32.2. The van der Waals surface area contributed by atoms with E-state index >= 15 is 0 Å². The molecule has 0 aliphatic carbocycles. The van der Waals surface area contributed by atoms with Gasteiger partial charge in [-0.05, 0) is 42.8 Å². The van der Waals surface area contributed by atoms with Crippen molar-refractivity contribution in [3.63, 3.8) is 0 Å². The molecule has 0 bridgehead atoms. The van der Waals surface area contributed by atoms with Crippen LogP contribution < -0.4 is 5.32 Å². The third-order valence-corrected chi connectivity index (χ3v) is 8.35. The molecule has 0 saturated carbocycles. The standard InChI is InChI=1S/C22H24F3N5O3S2/c1-3-30(16-11-35(32,33)12-17(16)31)10-20-27-9-18(34-20)14-6-13(2)7-15(8-14)28-21-26-5-4-19(29-21)22(23,24)25/h4-9,16-17,31H,3,10-12H2,1-2H3,(H,26,28,29). The molecule has 35 heavy (non-hydrogen) atoms. The molecule has 4 rings (SSSR count). The van der Waals surface area contributed by atoms with E-state index in [1.165, 1.54) is 11.3 Å². The Balaban J connectivity index is 1.52. The van der Waals surface area contributed by atoms with Crippen LogP contribution >= 0.6 is 11.3 Å². The van der Waals surface area contributed by atoms with Crippen LogP contribution in [-0.4, -0.2) is 63.6 Å². The lowest BCUT2D eigenvalue weighted by Gasteiger charge is -2.27. The van der Waals surface area contributed by atoms with E-state index in [1.807, 2.05) is 24.8 Å². The van der Waals surface area contributed by atoms with Gasteiger partial charge in [0.25, 0.3) is 0 Å². The summed E-state index contributed by atoms with van der Waals surface area (Å²) in [6.45, 7) is 4.72.